The van der Waals surface area contributed by atoms with Gasteiger partial charge in [0, 0.05) is 6.07 Å². The van der Waals surface area contributed by atoms with E-state index < -0.39 is 23.5 Å². The van der Waals surface area contributed by atoms with E-state index in [-0.39, 0.29) is 28.2 Å². The van der Waals surface area contributed by atoms with Gasteiger partial charge >= 0.3 is 0 Å². The van der Waals surface area contributed by atoms with Gasteiger partial charge < -0.3 is 9.73 Å². The first-order chi connectivity index (χ1) is 13.0. The van der Waals surface area contributed by atoms with Crippen molar-refractivity contribution in [2.24, 2.45) is 0 Å². The van der Waals surface area contributed by atoms with E-state index >= 15 is 0 Å². The molecule has 1 aliphatic rings. The van der Waals surface area contributed by atoms with Gasteiger partial charge in [0.25, 0.3) is 17.7 Å². The lowest BCUT2D eigenvalue weighted by atomic mass is 10.1. The average molecular weight is 365 g/mol. The smallest absolute Gasteiger partial charge is 0.277 e. The summed E-state index contributed by atoms with van der Waals surface area (Å²) in [5.74, 6) is -2.17. The maximum atomic E-state index is 14.5. The second-order valence-corrected chi connectivity index (χ2v) is 5.87. The van der Waals surface area contributed by atoms with Crippen LogP contribution < -0.4 is 10.2 Å². The Morgan fingerprint density at radius 3 is 2.33 bits per heavy atom. The number of benzene rings is 2. The number of fused-ring (bicyclic) bond motifs is 1. The highest BCUT2D eigenvalue weighted by molar-refractivity contribution is 6.34. The zero-order valence-electron chi connectivity index (χ0n) is 14.0. The highest BCUT2D eigenvalue weighted by Gasteiger charge is 2.36. The number of aryl methyl sites for hydroxylation is 1. The molecule has 0 radical (unpaired) electrons. The minimum Gasteiger partial charge on any atom is -0.448 e. The van der Waals surface area contributed by atoms with Crippen molar-refractivity contribution < 1.29 is 23.2 Å². The Labute approximate surface area is 152 Å². The second kappa shape index (κ2) is 6.17. The highest BCUT2D eigenvalue weighted by atomic mass is 19.1. The van der Waals surface area contributed by atoms with Gasteiger partial charge in [-0.2, -0.15) is 0 Å². The second-order valence-electron chi connectivity index (χ2n) is 5.87. The van der Waals surface area contributed by atoms with Crippen molar-refractivity contribution in [3.63, 3.8) is 0 Å². The summed E-state index contributed by atoms with van der Waals surface area (Å²) in [5, 5.41) is 2.39. The molecule has 0 saturated carbocycles. The number of nitrogens with zero attached hydrogens (tertiary/aromatic N) is 2. The van der Waals surface area contributed by atoms with Crippen molar-refractivity contribution in [3.8, 4) is 0 Å². The fourth-order valence-corrected chi connectivity index (χ4v) is 2.87. The van der Waals surface area contributed by atoms with Crippen LogP contribution in [0.3, 0.4) is 0 Å². The number of rotatable bonds is 3. The summed E-state index contributed by atoms with van der Waals surface area (Å²) in [6.07, 6.45) is 1.12. The van der Waals surface area contributed by atoms with E-state index in [0.29, 0.717) is 5.76 Å². The van der Waals surface area contributed by atoms with Crippen LogP contribution in [0.15, 0.2) is 53.3 Å². The molecule has 2 aromatic carbocycles. The van der Waals surface area contributed by atoms with E-state index in [4.69, 9.17) is 4.42 Å². The first-order valence-corrected chi connectivity index (χ1v) is 7.96. The third-order valence-corrected chi connectivity index (χ3v) is 4.21. The van der Waals surface area contributed by atoms with Crippen LogP contribution in [-0.2, 0) is 0 Å². The van der Waals surface area contributed by atoms with Gasteiger partial charge in [-0.3, -0.25) is 14.4 Å². The van der Waals surface area contributed by atoms with E-state index in [1.165, 1.54) is 12.1 Å². The number of carbonyl (C=O) groups excluding carboxylic acids is 3. The summed E-state index contributed by atoms with van der Waals surface area (Å²) in [6, 6.07) is 10.1. The van der Waals surface area contributed by atoms with Crippen molar-refractivity contribution in [1.29, 1.82) is 0 Å². The number of oxazole rings is 1. The van der Waals surface area contributed by atoms with Gasteiger partial charge in [-0.05, 0) is 31.2 Å². The molecule has 27 heavy (non-hydrogen) atoms. The number of halogens is 1. The maximum absolute atomic E-state index is 14.5. The number of anilines is 2. The maximum Gasteiger partial charge on any atom is 0.277 e. The zero-order valence-corrected chi connectivity index (χ0v) is 14.0. The van der Waals surface area contributed by atoms with Crippen molar-refractivity contribution in [2.45, 2.75) is 6.92 Å². The van der Waals surface area contributed by atoms with Crippen LogP contribution in [0.4, 0.5) is 15.8 Å². The molecular weight excluding hydrogens is 353 g/mol. The molecule has 0 aliphatic carbocycles. The lowest BCUT2D eigenvalue weighted by Gasteiger charge is -2.15. The van der Waals surface area contributed by atoms with Gasteiger partial charge in [0.05, 0.1) is 22.5 Å². The van der Waals surface area contributed by atoms with Crippen molar-refractivity contribution >= 4 is 29.1 Å². The third kappa shape index (κ3) is 2.67. The molecule has 1 N–H and O–H groups in total. The Hall–Kier alpha value is -3.81. The Morgan fingerprint density at radius 1 is 1.11 bits per heavy atom. The predicted molar refractivity (Wildman–Crippen MR) is 93.2 cm³/mol. The summed E-state index contributed by atoms with van der Waals surface area (Å²) < 4.78 is 19.4. The van der Waals surface area contributed by atoms with Crippen LogP contribution in [0.2, 0.25) is 0 Å². The summed E-state index contributed by atoms with van der Waals surface area (Å²) in [4.78, 5) is 41.7. The number of nitrogens with one attached hydrogen (secondary N) is 1. The number of hydrogen-bond donors (Lipinski definition) is 1. The molecule has 7 nitrogen and oxygen atoms in total. The Balaban J connectivity index is 1.61. The minimum absolute atomic E-state index is 0.0406. The van der Waals surface area contributed by atoms with Gasteiger partial charge in [-0.15, -0.1) is 0 Å². The SMILES string of the molecule is Cc1ocnc1C(=O)Nc1ccc(N2C(=O)c3ccccc3C2=O)cc1F. The minimum atomic E-state index is -0.793. The molecule has 134 valence electrons. The Bertz CT molecular complexity index is 1070. The van der Waals surface area contributed by atoms with E-state index in [0.717, 1.165) is 17.4 Å². The average Bonchev–Trinajstić information content (AvgIpc) is 3.19. The molecule has 0 saturated heterocycles. The molecule has 0 bridgehead atoms. The van der Waals surface area contributed by atoms with Gasteiger partial charge in [0.15, 0.2) is 12.1 Å². The van der Waals surface area contributed by atoms with Crippen LogP contribution in [0.25, 0.3) is 0 Å². The largest absolute Gasteiger partial charge is 0.448 e. The van der Waals surface area contributed by atoms with Crippen LogP contribution in [0, 0.1) is 12.7 Å². The molecule has 1 aromatic heterocycles. The molecule has 3 aromatic rings. The third-order valence-electron chi connectivity index (χ3n) is 4.21. The summed E-state index contributed by atoms with van der Waals surface area (Å²) in [7, 11) is 0. The summed E-state index contributed by atoms with van der Waals surface area (Å²) in [6.45, 7) is 1.56. The topological polar surface area (TPSA) is 92.5 Å². The van der Waals surface area contributed by atoms with Gasteiger partial charge in [-0.1, -0.05) is 12.1 Å². The van der Waals surface area contributed by atoms with Crippen molar-refractivity contribution in [3.05, 3.63) is 77.3 Å². The van der Waals surface area contributed by atoms with Crippen LogP contribution in [-0.4, -0.2) is 22.7 Å². The van der Waals surface area contributed by atoms with Crippen LogP contribution in [0.5, 0.6) is 0 Å². The molecule has 0 fully saturated rings. The molecule has 0 atom stereocenters. The van der Waals surface area contributed by atoms with Gasteiger partial charge in [0.1, 0.15) is 11.6 Å². The van der Waals surface area contributed by atoms with E-state index in [2.05, 4.69) is 10.3 Å². The quantitative estimate of drug-likeness (QED) is 0.720. The molecule has 2 heterocycles. The zero-order chi connectivity index (χ0) is 19.1. The fraction of sp³-hybridized carbons (Fsp3) is 0.0526. The number of amides is 3. The van der Waals surface area contributed by atoms with Crippen LogP contribution >= 0.6 is 0 Å². The molecule has 3 amide bonds. The fourth-order valence-electron chi connectivity index (χ4n) is 2.87. The lowest BCUT2D eigenvalue weighted by Crippen LogP contribution is -2.29. The summed E-state index contributed by atoms with van der Waals surface area (Å²) in [5.41, 5.74) is 0.541. The lowest BCUT2D eigenvalue weighted by molar-refractivity contribution is 0.0924. The number of hydrogen-bond acceptors (Lipinski definition) is 5. The highest BCUT2D eigenvalue weighted by Crippen LogP contribution is 2.30. The molecule has 0 unspecified atom stereocenters. The predicted octanol–water partition coefficient (Wildman–Crippen LogP) is 3.18. The number of imide groups is 1. The van der Waals surface area contributed by atoms with E-state index in [1.54, 1.807) is 31.2 Å². The normalized spacial score (nSPS) is 13.0. The van der Waals surface area contributed by atoms with E-state index in [9.17, 15) is 18.8 Å². The molecular formula is C19H12FN3O4. The van der Waals surface area contributed by atoms with Crippen molar-refractivity contribution in [2.75, 3.05) is 10.2 Å². The van der Waals surface area contributed by atoms with Gasteiger partial charge in [-0.25, -0.2) is 14.3 Å². The monoisotopic (exact) mass is 365 g/mol. The first kappa shape index (κ1) is 16.6. The Kier molecular flexibility index (Phi) is 3.80. The molecule has 4 rings (SSSR count). The first-order valence-electron chi connectivity index (χ1n) is 7.96. The Morgan fingerprint density at radius 2 is 1.78 bits per heavy atom. The molecule has 1 aliphatic heterocycles. The van der Waals surface area contributed by atoms with E-state index in [1.807, 2.05) is 0 Å². The number of aromatic nitrogens is 1. The van der Waals surface area contributed by atoms with Crippen molar-refractivity contribution in [1.82, 2.24) is 4.98 Å². The summed E-state index contributed by atoms with van der Waals surface area (Å²) >= 11 is 0. The standard InChI is InChI=1S/C19H12FN3O4/c1-10-16(21-9-27-10)17(24)22-15-7-6-11(8-14(15)20)23-18(25)12-4-2-3-5-13(12)19(23)26/h2-9H,1H3,(H,22,24). The molecule has 8 heteroatoms. The molecule has 0 spiro atoms. The van der Waals surface area contributed by atoms with Crippen LogP contribution in [0.1, 0.15) is 37.0 Å². The number of carbonyl (C=O) groups is 3. The van der Waals surface area contributed by atoms with Gasteiger partial charge in [0.2, 0.25) is 0 Å².